The van der Waals surface area contributed by atoms with Crippen molar-refractivity contribution >= 4 is 5.97 Å². The highest BCUT2D eigenvalue weighted by atomic mass is 16.5. The molecule has 0 fully saturated rings. The molecular formula is C11H19N2O2+. The van der Waals surface area contributed by atoms with Crippen molar-refractivity contribution in [3.05, 3.63) is 18.2 Å². The molecule has 1 rings (SSSR count). The number of rotatable bonds is 5. The van der Waals surface area contributed by atoms with E-state index in [4.69, 9.17) is 0 Å². The monoisotopic (exact) mass is 211 g/mol. The van der Waals surface area contributed by atoms with Gasteiger partial charge in [-0.2, -0.15) is 0 Å². The van der Waals surface area contributed by atoms with Gasteiger partial charge in [-0.15, -0.1) is 0 Å². The molecule has 0 aliphatic rings. The second-order valence-corrected chi connectivity index (χ2v) is 3.66. The molecule has 0 atom stereocenters. The van der Waals surface area contributed by atoms with Crippen molar-refractivity contribution in [2.75, 3.05) is 7.11 Å². The molecule has 0 amide bonds. The Kier molecular flexibility index (Phi) is 4.34. The summed E-state index contributed by atoms with van der Waals surface area (Å²) in [5, 5.41) is 0. The number of nitrogens with zero attached hydrogens (tertiary/aromatic N) is 2. The number of hydrogen-bond donors (Lipinski definition) is 0. The maximum atomic E-state index is 11.0. The summed E-state index contributed by atoms with van der Waals surface area (Å²) in [7, 11) is 3.42. The van der Waals surface area contributed by atoms with Crippen LogP contribution in [0.2, 0.25) is 0 Å². The Bertz CT molecular complexity index is 331. The van der Waals surface area contributed by atoms with Gasteiger partial charge >= 0.3 is 5.97 Å². The van der Waals surface area contributed by atoms with E-state index in [-0.39, 0.29) is 5.97 Å². The summed E-state index contributed by atoms with van der Waals surface area (Å²) >= 11 is 0. The van der Waals surface area contributed by atoms with E-state index in [0.717, 1.165) is 25.1 Å². The number of ether oxygens (including phenoxy) is 1. The van der Waals surface area contributed by atoms with Gasteiger partial charge in [0.05, 0.1) is 27.1 Å². The molecule has 0 spiro atoms. The molecule has 0 aromatic carbocycles. The third-order valence-corrected chi connectivity index (χ3v) is 2.38. The molecule has 0 radical (unpaired) electrons. The Morgan fingerprint density at radius 3 is 2.93 bits per heavy atom. The molecule has 84 valence electrons. The van der Waals surface area contributed by atoms with Crippen molar-refractivity contribution in [2.24, 2.45) is 7.05 Å². The number of hydrogen-bond acceptors (Lipinski definition) is 2. The van der Waals surface area contributed by atoms with Crippen LogP contribution >= 0.6 is 0 Å². The van der Waals surface area contributed by atoms with E-state index < -0.39 is 0 Å². The van der Waals surface area contributed by atoms with E-state index in [1.54, 1.807) is 0 Å². The van der Waals surface area contributed by atoms with E-state index in [0.29, 0.717) is 6.42 Å². The van der Waals surface area contributed by atoms with E-state index in [9.17, 15) is 4.79 Å². The number of carbonyl (C=O) groups excluding carboxylic acids is 1. The van der Waals surface area contributed by atoms with E-state index in [1.807, 2.05) is 7.05 Å². The quantitative estimate of drug-likeness (QED) is 0.534. The van der Waals surface area contributed by atoms with Gasteiger partial charge < -0.3 is 4.74 Å². The Hall–Kier alpha value is -1.32. The molecule has 15 heavy (non-hydrogen) atoms. The molecule has 1 aromatic heterocycles. The SMILES string of the molecule is CCC[n+]1cc(CCC(=O)OC)n(C)c1. The average Bonchev–Trinajstić information content (AvgIpc) is 2.56. The van der Waals surface area contributed by atoms with Crippen LogP contribution < -0.4 is 4.57 Å². The molecule has 0 aliphatic heterocycles. The molecular weight excluding hydrogens is 192 g/mol. The number of carbonyl (C=O) groups is 1. The Morgan fingerprint density at radius 1 is 1.60 bits per heavy atom. The molecule has 0 N–H and O–H groups in total. The van der Waals surface area contributed by atoms with Crippen LogP contribution in [0.15, 0.2) is 12.5 Å². The number of aromatic nitrogens is 2. The summed E-state index contributed by atoms with van der Waals surface area (Å²) in [5.74, 6) is -0.154. The van der Waals surface area contributed by atoms with Crippen LogP contribution in [0.5, 0.6) is 0 Å². The lowest BCUT2D eigenvalue weighted by molar-refractivity contribution is -0.696. The summed E-state index contributed by atoms with van der Waals surface area (Å²) in [6.07, 6.45) is 6.44. The van der Waals surface area contributed by atoms with Crippen molar-refractivity contribution in [3.8, 4) is 0 Å². The van der Waals surface area contributed by atoms with Crippen molar-refractivity contribution in [1.29, 1.82) is 0 Å². The molecule has 4 nitrogen and oxygen atoms in total. The predicted octanol–water partition coefficient (Wildman–Crippen LogP) is 0.828. The van der Waals surface area contributed by atoms with Crippen LogP contribution in [0.3, 0.4) is 0 Å². The first-order valence-electron chi connectivity index (χ1n) is 5.28. The fourth-order valence-electron chi connectivity index (χ4n) is 1.57. The molecule has 1 heterocycles. The number of methoxy groups -OCH3 is 1. The number of esters is 1. The van der Waals surface area contributed by atoms with Crippen LogP contribution in [-0.4, -0.2) is 17.6 Å². The minimum atomic E-state index is -0.154. The smallest absolute Gasteiger partial charge is 0.305 e. The first kappa shape index (κ1) is 11.8. The van der Waals surface area contributed by atoms with E-state index in [1.165, 1.54) is 7.11 Å². The van der Waals surface area contributed by atoms with Crippen LogP contribution in [-0.2, 0) is 29.5 Å². The van der Waals surface area contributed by atoms with Gasteiger partial charge in [0.1, 0.15) is 11.9 Å². The largest absolute Gasteiger partial charge is 0.469 e. The molecule has 0 aliphatic carbocycles. The average molecular weight is 211 g/mol. The molecule has 0 saturated carbocycles. The van der Waals surface area contributed by atoms with Crippen molar-refractivity contribution in [2.45, 2.75) is 32.7 Å². The summed E-state index contributed by atoms with van der Waals surface area (Å²) in [6.45, 7) is 3.17. The fourth-order valence-corrected chi connectivity index (χ4v) is 1.57. The van der Waals surface area contributed by atoms with Gasteiger partial charge in [-0.1, -0.05) is 6.92 Å². The zero-order chi connectivity index (χ0) is 11.3. The second kappa shape index (κ2) is 5.53. The van der Waals surface area contributed by atoms with Gasteiger partial charge in [-0.25, -0.2) is 9.13 Å². The summed E-state index contributed by atoms with van der Waals surface area (Å²) in [4.78, 5) is 11.0. The maximum absolute atomic E-state index is 11.0. The molecule has 0 unspecified atom stereocenters. The van der Waals surface area contributed by atoms with Gasteiger partial charge in [0, 0.05) is 6.42 Å². The molecule has 0 bridgehead atoms. The zero-order valence-electron chi connectivity index (χ0n) is 9.69. The minimum absolute atomic E-state index is 0.154. The lowest BCUT2D eigenvalue weighted by atomic mass is 10.2. The standard InChI is InChI=1S/C11H19N2O2/c1-4-7-13-8-10(12(2)9-13)5-6-11(14)15-3/h8-9H,4-7H2,1-3H3/q+1. The summed E-state index contributed by atoms with van der Waals surface area (Å²) in [5.41, 5.74) is 1.16. The normalized spacial score (nSPS) is 10.3. The highest BCUT2D eigenvalue weighted by Gasteiger charge is 2.11. The summed E-state index contributed by atoms with van der Waals surface area (Å²) in [6, 6.07) is 0. The van der Waals surface area contributed by atoms with E-state index >= 15 is 0 Å². The number of aryl methyl sites for hydroxylation is 3. The Labute approximate surface area is 90.5 Å². The third kappa shape index (κ3) is 3.38. The molecule has 1 aromatic rings. The molecule has 4 heteroatoms. The Morgan fingerprint density at radius 2 is 2.33 bits per heavy atom. The second-order valence-electron chi connectivity index (χ2n) is 3.66. The summed E-state index contributed by atoms with van der Waals surface area (Å²) < 4.78 is 8.81. The van der Waals surface area contributed by atoms with Gasteiger partial charge in [-0.05, 0) is 6.42 Å². The maximum Gasteiger partial charge on any atom is 0.305 e. The van der Waals surface area contributed by atoms with Gasteiger partial charge in [0.15, 0.2) is 0 Å². The first-order chi connectivity index (χ1) is 7.17. The Balaban J connectivity index is 2.56. The zero-order valence-corrected chi connectivity index (χ0v) is 9.69. The van der Waals surface area contributed by atoms with Crippen molar-refractivity contribution < 1.29 is 14.1 Å². The topological polar surface area (TPSA) is 35.1 Å². The molecule has 0 saturated heterocycles. The van der Waals surface area contributed by atoms with Crippen LogP contribution in [0.25, 0.3) is 0 Å². The highest BCUT2D eigenvalue weighted by molar-refractivity contribution is 5.69. The van der Waals surface area contributed by atoms with Gasteiger partial charge in [-0.3, -0.25) is 4.79 Å². The van der Waals surface area contributed by atoms with Crippen molar-refractivity contribution in [3.63, 3.8) is 0 Å². The first-order valence-corrected chi connectivity index (χ1v) is 5.28. The highest BCUT2D eigenvalue weighted by Crippen LogP contribution is 2.01. The van der Waals surface area contributed by atoms with Crippen LogP contribution in [0, 0.1) is 0 Å². The van der Waals surface area contributed by atoms with E-state index in [2.05, 4.69) is 33.3 Å². The van der Waals surface area contributed by atoms with Crippen LogP contribution in [0.1, 0.15) is 25.5 Å². The lowest BCUT2D eigenvalue weighted by Gasteiger charge is -1.96. The number of imidazole rings is 1. The van der Waals surface area contributed by atoms with Gasteiger partial charge in [0.2, 0.25) is 6.33 Å². The van der Waals surface area contributed by atoms with Crippen molar-refractivity contribution in [1.82, 2.24) is 4.57 Å². The lowest BCUT2D eigenvalue weighted by Crippen LogP contribution is -2.30. The third-order valence-electron chi connectivity index (χ3n) is 2.38. The van der Waals surface area contributed by atoms with Crippen LogP contribution in [0.4, 0.5) is 0 Å². The van der Waals surface area contributed by atoms with Gasteiger partial charge in [0.25, 0.3) is 0 Å². The fraction of sp³-hybridized carbons (Fsp3) is 0.636. The predicted molar refractivity (Wildman–Crippen MR) is 56.2 cm³/mol. The minimum Gasteiger partial charge on any atom is -0.469 e.